The van der Waals surface area contributed by atoms with Crippen LogP contribution in [0.1, 0.15) is 16.1 Å². The molecule has 116 valence electrons. The minimum atomic E-state index is -1.24. The highest BCUT2D eigenvalue weighted by atomic mass is 19.2. The number of hydrogen-bond acceptors (Lipinski definition) is 4. The summed E-state index contributed by atoms with van der Waals surface area (Å²) in [4.78, 5) is 15.3. The number of aromatic carboxylic acids is 1. The molecule has 2 heterocycles. The van der Waals surface area contributed by atoms with Crippen LogP contribution in [0.25, 0.3) is 11.3 Å². The number of rotatable bonds is 4. The van der Waals surface area contributed by atoms with Crippen molar-refractivity contribution in [2.45, 2.75) is 6.54 Å². The van der Waals surface area contributed by atoms with Gasteiger partial charge >= 0.3 is 5.97 Å². The van der Waals surface area contributed by atoms with E-state index in [0.717, 1.165) is 12.1 Å². The lowest BCUT2D eigenvalue weighted by atomic mass is 10.1. The van der Waals surface area contributed by atoms with Crippen LogP contribution in [0.3, 0.4) is 0 Å². The van der Waals surface area contributed by atoms with E-state index in [1.54, 1.807) is 18.3 Å². The predicted molar refractivity (Wildman–Crippen MR) is 75.7 cm³/mol. The number of nitrogens with zero attached hydrogens (tertiary/aromatic N) is 4. The lowest BCUT2D eigenvalue weighted by Gasteiger charge is -2.07. The fraction of sp³-hybridized carbons (Fsp3) is 0.0667. The normalized spacial score (nSPS) is 10.7. The predicted octanol–water partition coefficient (Wildman–Crippen LogP) is 2.36. The summed E-state index contributed by atoms with van der Waals surface area (Å²) in [6.07, 6.45) is 3.03. The first-order valence-corrected chi connectivity index (χ1v) is 6.57. The first-order valence-electron chi connectivity index (χ1n) is 6.57. The van der Waals surface area contributed by atoms with Gasteiger partial charge in [-0.2, -0.15) is 0 Å². The molecule has 0 radical (unpaired) electrons. The zero-order valence-electron chi connectivity index (χ0n) is 11.6. The lowest BCUT2D eigenvalue weighted by molar-refractivity contribution is 0.0691. The Hall–Kier alpha value is -3.16. The number of carboxylic acid groups (broad SMARTS) is 1. The van der Waals surface area contributed by atoms with Crippen molar-refractivity contribution in [2.75, 3.05) is 0 Å². The van der Waals surface area contributed by atoms with Gasteiger partial charge in [0.25, 0.3) is 0 Å². The Kier molecular flexibility index (Phi) is 3.80. The van der Waals surface area contributed by atoms with Gasteiger partial charge in [0.15, 0.2) is 17.3 Å². The molecule has 23 heavy (non-hydrogen) atoms. The second-order valence-corrected chi connectivity index (χ2v) is 4.74. The molecular weight excluding hydrogens is 306 g/mol. The van der Waals surface area contributed by atoms with Crippen molar-refractivity contribution in [1.82, 2.24) is 20.0 Å². The van der Waals surface area contributed by atoms with Crippen LogP contribution in [0.5, 0.6) is 0 Å². The van der Waals surface area contributed by atoms with Crippen LogP contribution >= 0.6 is 0 Å². The van der Waals surface area contributed by atoms with Crippen molar-refractivity contribution in [3.8, 4) is 11.3 Å². The maximum absolute atomic E-state index is 13.3. The van der Waals surface area contributed by atoms with Crippen molar-refractivity contribution in [3.63, 3.8) is 0 Å². The summed E-state index contributed by atoms with van der Waals surface area (Å²) in [6, 6.07) is 6.75. The van der Waals surface area contributed by atoms with Gasteiger partial charge in [0.2, 0.25) is 0 Å². The van der Waals surface area contributed by atoms with E-state index < -0.39 is 17.6 Å². The summed E-state index contributed by atoms with van der Waals surface area (Å²) in [7, 11) is 0. The fourth-order valence-corrected chi connectivity index (χ4v) is 2.17. The summed E-state index contributed by atoms with van der Waals surface area (Å²) in [6.45, 7) is 0.0434. The van der Waals surface area contributed by atoms with Crippen LogP contribution in [-0.4, -0.2) is 31.1 Å². The zero-order valence-corrected chi connectivity index (χ0v) is 11.6. The first kappa shape index (κ1) is 14.8. The van der Waals surface area contributed by atoms with Crippen molar-refractivity contribution in [3.05, 3.63) is 65.6 Å². The Morgan fingerprint density at radius 3 is 2.70 bits per heavy atom. The molecule has 0 unspecified atom stereocenters. The van der Waals surface area contributed by atoms with Crippen molar-refractivity contribution >= 4 is 5.97 Å². The average molecular weight is 316 g/mol. The van der Waals surface area contributed by atoms with Crippen LogP contribution < -0.4 is 0 Å². The van der Waals surface area contributed by atoms with E-state index in [0.29, 0.717) is 11.1 Å². The molecule has 0 fully saturated rings. The molecule has 0 spiro atoms. The van der Waals surface area contributed by atoms with Gasteiger partial charge in [0.1, 0.15) is 5.69 Å². The number of halogens is 2. The summed E-state index contributed by atoms with van der Waals surface area (Å²) >= 11 is 0. The molecule has 0 aliphatic carbocycles. The van der Waals surface area contributed by atoms with Crippen LogP contribution in [0, 0.1) is 11.6 Å². The molecule has 0 aliphatic rings. The number of carbonyl (C=O) groups is 1. The van der Waals surface area contributed by atoms with Crippen LogP contribution in [0.15, 0.2) is 42.7 Å². The largest absolute Gasteiger partial charge is 0.476 e. The average Bonchev–Trinajstić information content (AvgIpc) is 2.95. The zero-order chi connectivity index (χ0) is 16.4. The van der Waals surface area contributed by atoms with Crippen LogP contribution in [0.4, 0.5) is 8.78 Å². The van der Waals surface area contributed by atoms with Gasteiger partial charge in [0, 0.05) is 18.0 Å². The molecule has 6 nitrogen and oxygen atoms in total. The van der Waals surface area contributed by atoms with E-state index in [4.69, 9.17) is 0 Å². The number of carboxylic acids is 1. The summed E-state index contributed by atoms with van der Waals surface area (Å²) < 4.78 is 27.6. The lowest BCUT2D eigenvalue weighted by Crippen LogP contribution is -2.07. The fourth-order valence-electron chi connectivity index (χ4n) is 2.17. The van der Waals surface area contributed by atoms with Gasteiger partial charge in [-0.1, -0.05) is 11.3 Å². The molecule has 0 saturated heterocycles. The van der Waals surface area contributed by atoms with Crippen molar-refractivity contribution in [2.24, 2.45) is 0 Å². The number of aromatic nitrogens is 4. The van der Waals surface area contributed by atoms with Gasteiger partial charge in [-0.05, 0) is 29.8 Å². The molecule has 0 amide bonds. The third-order valence-corrected chi connectivity index (χ3v) is 3.19. The molecule has 1 N–H and O–H groups in total. The second kappa shape index (κ2) is 5.91. The third kappa shape index (κ3) is 2.91. The van der Waals surface area contributed by atoms with E-state index in [9.17, 15) is 18.7 Å². The van der Waals surface area contributed by atoms with Gasteiger partial charge < -0.3 is 5.11 Å². The molecule has 8 heteroatoms. The maximum Gasteiger partial charge on any atom is 0.358 e. The van der Waals surface area contributed by atoms with Crippen LogP contribution in [-0.2, 0) is 6.54 Å². The van der Waals surface area contributed by atoms with Gasteiger partial charge in [-0.15, -0.1) is 5.10 Å². The van der Waals surface area contributed by atoms with Crippen LogP contribution in [0.2, 0.25) is 0 Å². The number of hydrogen-bond donors (Lipinski definition) is 1. The summed E-state index contributed by atoms with van der Waals surface area (Å²) in [5.74, 6) is -3.17. The monoisotopic (exact) mass is 316 g/mol. The van der Waals surface area contributed by atoms with Crippen molar-refractivity contribution < 1.29 is 18.7 Å². The third-order valence-electron chi connectivity index (χ3n) is 3.19. The molecule has 1 aromatic carbocycles. The standard InChI is InChI=1S/C15H10F2N4O2/c16-11-4-3-9(6-12(11)17)8-21-14(10-2-1-5-18-7-10)13(15(22)23)19-20-21/h1-7H,8H2,(H,22,23). The minimum Gasteiger partial charge on any atom is -0.476 e. The smallest absolute Gasteiger partial charge is 0.358 e. The number of pyridine rings is 1. The van der Waals surface area contributed by atoms with Gasteiger partial charge in [-0.25, -0.2) is 18.3 Å². The molecule has 0 bridgehead atoms. The molecule has 0 saturated carbocycles. The Morgan fingerprint density at radius 2 is 2.04 bits per heavy atom. The molecule has 3 aromatic rings. The van der Waals surface area contributed by atoms with Gasteiger partial charge in [0.05, 0.1) is 6.54 Å². The van der Waals surface area contributed by atoms with E-state index >= 15 is 0 Å². The molecule has 3 rings (SSSR count). The Bertz CT molecular complexity index is 865. The maximum atomic E-state index is 13.3. The highest BCUT2D eigenvalue weighted by molar-refractivity contribution is 5.92. The SMILES string of the molecule is O=C(O)c1nnn(Cc2ccc(F)c(F)c2)c1-c1cccnc1. The van der Waals surface area contributed by atoms with E-state index in [2.05, 4.69) is 15.3 Å². The highest BCUT2D eigenvalue weighted by Crippen LogP contribution is 2.22. The molecule has 2 aromatic heterocycles. The molecule has 0 aliphatic heterocycles. The van der Waals surface area contributed by atoms with Gasteiger partial charge in [-0.3, -0.25) is 4.98 Å². The Labute approximate surface area is 129 Å². The van der Waals surface area contributed by atoms with E-state index in [1.165, 1.54) is 16.9 Å². The Morgan fingerprint density at radius 1 is 1.22 bits per heavy atom. The quantitative estimate of drug-likeness (QED) is 0.799. The van der Waals surface area contributed by atoms with Crippen molar-refractivity contribution in [1.29, 1.82) is 0 Å². The Balaban J connectivity index is 2.06. The van der Waals surface area contributed by atoms with E-state index in [-0.39, 0.29) is 17.9 Å². The van der Waals surface area contributed by atoms with E-state index in [1.807, 2.05) is 0 Å². The summed E-state index contributed by atoms with van der Waals surface area (Å²) in [5, 5.41) is 16.7. The first-order chi connectivity index (χ1) is 11.1. The highest BCUT2D eigenvalue weighted by Gasteiger charge is 2.21. The number of benzene rings is 1. The minimum absolute atomic E-state index is 0.0434. The molecular formula is C15H10F2N4O2. The second-order valence-electron chi connectivity index (χ2n) is 4.74. The molecule has 0 atom stereocenters. The summed E-state index contributed by atoms with van der Waals surface area (Å²) in [5.41, 5.74) is 0.948. The topological polar surface area (TPSA) is 80.9 Å².